The third kappa shape index (κ3) is 6.26. The summed E-state index contributed by atoms with van der Waals surface area (Å²) in [7, 11) is 1.64. The van der Waals surface area contributed by atoms with E-state index in [0.717, 1.165) is 0 Å². The number of hydrogen-bond acceptors (Lipinski definition) is 2. The molecule has 0 heterocycles. The normalized spacial score (nSPS) is 15.0. The van der Waals surface area contributed by atoms with Crippen molar-refractivity contribution < 1.29 is 13.9 Å². The monoisotopic (exact) mass is 164 g/mol. The first-order valence-corrected chi connectivity index (χ1v) is 3.79. The van der Waals surface area contributed by atoms with Gasteiger partial charge >= 0.3 is 0 Å². The minimum Gasteiger partial charge on any atom is -0.379 e. The lowest BCUT2D eigenvalue weighted by Gasteiger charge is -2.22. The maximum Gasteiger partial charge on any atom is 0.195 e. The van der Waals surface area contributed by atoms with E-state index in [2.05, 4.69) is 0 Å². The molecule has 11 heavy (non-hydrogen) atoms. The van der Waals surface area contributed by atoms with E-state index >= 15 is 0 Å². The molecule has 0 aromatic carbocycles. The Balaban J connectivity index is 3.38. The van der Waals surface area contributed by atoms with Crippen LogP contribution in [-0.4, -0.2) is 25.7 Å². The van der Waals surface area contributed by atoms with Gasteiger partial charge in [-0.3, -0.25) is 0 Å². The second kappa shape index (κ2) is 4.67. The molecule has 0 fully saturated rings. The van der Waals surface area contributed by atoms with E-state index in [-0.39, 0.29) is 5.60 Å². The Kier molecular flexibility index (Phi) is 4.61. The fourth-order valence-corrected chi connectivity index (χ4v) is 0.569. The molecule has 0 aliphatic heterocycles. The summed E-state index contributed by atoms with van der Waals surface area (Å²) in [6, 6.07) is 0. The van der Waals surface area contributed by atoms with Gasteiger partial charge in [0.25, 0.3) is 0 Å². The van der Waals surface area contributed by atoms with Crippen LogP contribution < -0.4 is 0 Å². The quantitative estimate of drug-likeness (QED) is 0.619. The van der Waals surface area contributed by atoms with Crippen molar-refractivity contribution in [2.45, 2.75) is 39.2 Å². The van der Waals surface area contributed by atoms with Crippen molar-refractivity contribution in [1.29, 1.82) is 0 Å². The van der Waals surface area contributed by atoms with Gasteiger partial charge in [-0.15, -0.1) is 0 Å². The molecule has 68 valence electrons. The van der Waals surface area contributed by atoms with E-state index in [9.17, 15) is 4.39 Å². The minimum atomic E-state index is -1.18. The van der Waals surface area contributed by atoms with Gasteiger partial charge in [-0.1, -0.05) is 0 Å². The molecule has 1 unspecified atom stereocenters. The van der Waals surface area contributed by atoms with Crippen LogP contribution in [-0.2, 0) is 9.47 Å². The second-order valence-electron chi connectivity index (χ2n) is 3.13. The van der Waals surface area contributed by atoms with Crippen LogP contribution in [0.1, 0.15) is 27.2 Å². The number of hydrogen-bond donors (Lipinski definition) is 0. The van der Waals surface area contributed by atoms with Crippen molar-refractivity contribution in [2.24, 2.45) is 0 Å². The van der Waals surface area contributed by atoms with Crippen molar-refractivity contribution in [3.63, 3.8) is 0 Å². The highest BCUT2D eigenvalue weighted by Gasteiger charge is 2.15. The van der Waals surface area contributed by atoms with E-state index < -0.39 is 6.36 Å². The summed E-state index contributed by atoms with van der Waals surface area (Å²) in [6.07, 6.45) is -0.472. The number of alkyl halides is 1. The SMILES string of the molecule is COC(C)(C)CCOC(C)F. The molecule has 0 aliphatic rings. The lowest BCUT2D eigenvalue weighted by molar-refractivity contribution is -0.0599. The van der Waals surface area contributed by atoms with Crippen LogP contribution in [0.3, 0.4) is 0 Å². The maximum atomic E-state index is 12.1. The molecule has 0 rings (SSSR count). The first kappa shape index (κ1) is 10.8. The van der Waals surface area contributed by atoms with Crippen molar-refractivity contribution in [2.75, 3.05) is 13.7 Å². The molecule has 0 bridgehead atoms. The van der Waals surface area contributed by atoms with E-state index in [4.69, 9.17) is 9.47 Å². The smallest absolute Gasteiger partial charge is 0.195 e. The van der Waals surface area contributed by atoms with Gasteiger partial charge in [0.1, 0.15) is 0 Å². The number of ether oxygens (including phenoxy) is 2. The second-order valence-corrected chi connectivity index (χ2v) is 3.13. The van der Waals surface area contributed by atoms with E-state index in [0.29, 0.717) is 13.0 Å². The van der Waals surface area contributed by atoms with Gasteiger partial charge in [0.05, 0.1) is 12.2 Å². The van der Waals surface area contributed by atoms with Crippen LogP contribution in [0, 0.1) is 0 Å². The third-order valence-electron chi connectivity index (χ3n) is 1.60. The molecule has 3 heteroatoms. The first-order chi connectivity index (χ1) is 4.98. The molecule has 2 nitrogen and oxygen atoms in total. The van der Waals surface area contributed by atoms with E-state index in [1.54, 1.807) is 7.11 Å². The predicted molar refractivity (Wildman–Crippen MR) is 42.2 cm³/mol. The summed E-state index contributed by atoms with van der Waals surface area (Å²) in [5, 5.41) is 0. The van der Waals surface area contributed by atoms with Crippen LogP contribution in [0.2, 0.25) is 0 Å². The van der Waals surface area contributed by atoms with E-state index in [1.165, 1.54) is 6.92 Å². The highest BCUT2D eigenvalue weighted by Crippen LogP contribution is 2.12. The van der Waals surface area contributed by atoms with Crippen LogP contribution in [0.15, 0.2) is 0 Å². The zero-order chi connectivity index (χ0) is 8.91. The Bertz CT molecular complexity index is 102. The lowest BCUT2D eigenvalue weighted by Crippen LogP contribution is -2.25. The van der Waals surface area contributed by atoms with Gasteiger partial charge in [-0.25, -0.2) is 4.39 Å². The predicted octanol–water partition coefficient (Wildman–Crippen LogP) is 2.13. The molecule has 0 radical (unpaired) electrons. The molecular weight excluding hydrogens is 147 g/mol. The average molecular weight is 164 g/mol. The van der Waals surface area contributed by atoms with E-state index in [1.807, 2.05) is 13.8 Å². The van der Waals surface area contributed by atoms with Crippen molar-refractivity contribution in [1.82, 2.24) is 0 Å². The highest BCUT2D eigenvalue weighted by molar-refractivity contribution is 4.66. The van der Waals surface area contributed by atoms with Crippen LogP contribution in [0.4, 0.5) is 4.39 Å². The van der Waals surface area contributed by atoms with Crippen LogP contribution in [0.5, 0.6) is 0 Å². The van der Waals surface area contributed by atoms with Crippen molar-refractivity contribution >= 4 is 0 Å². The number of methoxy groups -OCH3 is 1. The fourth-order valence-electron chi connectivity index (χ4n) is 0.569. The van der Waals surface area contributed by atoms with Gasteiger partial charge in [-0.05, 0) is 27.2 Å². The molecule has 0 spiro atoms. The number of rotatable bonds is 5. The Morgan fingerprint density at radius 2 is 2.00 bits per heavy atom. The molecule has 0 aliphatic carbocycles. The fraction of sp³-hybridized carbons (Fsp3) is 1.00. The summed E-state index contributed by atoms with van der Waals surface area (Å²) in [5.74, 6) is 0. The van der Waals surface area contributed by atoms with Gasteiger partial charge < -0.3 is 9.47 Å². The zero-order valence-electron chi connectivity index (χ0n) is 7.69. The lowest BCUT2D eigenvalue weighted by atomic mass is 10.1. The molecule has 0 saturated heterocycles. The molecular formula is C8H17FO2. The van der Waals surface area contributed by atoms with Gasteiger partial charge in [0.2, 0.25) is 0 Å². The van der Waals surface area contributed by atoms with Crippen LogP contribution in [0.25, 0.3) is 0 Å². The van der Waals surface area contributed by atoms with Gasteiger partial charge in [0, 0.05) is 7.11 Å². The maximum absolute atomic E-state index is 12.1. The Hall–Kier alpha value is -0.150. The summed E-state index contributed by atoms with van der Waals surface area (Å²) in [4.78, 5) is 0. The summed E-state index contributed by atoms with van der Waals surface area (Å²) < 4.78 is 22.0. The number of halogens is 1. The minimum absolute atomic E-state index is 0.213. The molecule has 0 amide bonds. The van der Waals surface area contributed by atoms with Gasteiger partial charge in [0.15, 0.2) is 6.36 Å². The summed E-state index contributed by atoms with van der Waals surface area (Å²) >= 11 is 0. The zero-order valence-corrected chi connectivity index (χ0v) is 7.69. The average Bonchev–Trinajstić information content (AvgIpc) is 1.87. The molecule has 0 aromatic rings. The molecule has 0 N–H and O–H groups in total. The summed E-state index contributed by atoms with van der Waals surface area (Å²) in [5.41, 5.74) is -0.213. The standard InChI is InChI=1S/C8H17FO2/c1-7(9)11-6-5-8(2,3)10-4/h7H,5-6H2,1-4H3. The van der Waals surface area contributed by atoms with Crippen LogP contribution >= 0.6 is 0 Å². The Labute approximate surface area is 67.7 Å². The molecule has 0 aromatic heterocycles. The molecule has 0 saturated carbocycles. The topological polar surface area (TPSA) is 18.5 Å². The summed E-state index contributed by atoms with van der Waals surface area (Å²) in [6.45, 7) is 5.66. The Morgan fingerprint density at radius 3 is 2.36 bits per heavy atom. The van der Waals surface area contributed by atoms with Gasteiger partial charge in [-0.2, -0.15) is 0 Å². The largest absolute Gasteiger partial charge is 0.379 e. The van der Waals surface area contributed by atoms with Crippen molar-refractivity contribution in [3.8, 4) is 0 Å². The first-order valence-electron chi connectivity index (χ1n) is 3.79. The highest BCUT2D eigenvalue weighted by atomic mass is 19.1. The Morgan fingerprint density at radius 1 is 1.45 bits per heavy atom. The third-order valence-corrected chi connectivity index (χ3v) is 1.60. The van der Waals surface area contributed by atoms with Crippen molar-refractivity contribution in [3.05, 3.63) is 0 Å². The molecule has 1 atom stereocenters.